The van der Waals surface area contributed by atoms with Crippen molar-refractivity contribution >= 4 is 79.9 Å². The summed E-state index contributed by atoms with van der Waals surface area (Å²) in [5, 5.41) is 0. The maximum absolute atomic E-state index is 8.52. The summed E-state index contributed by atoms with van der Waals surface area (Å²) in [5.41, 5.74) is 12.8. The Morgan fingerprint density at radius 1 is 0.582 bits per heavy atom. The minimum absolute atomic E-state index is 0.0162. The summed E-state index contributed by atoms with van der Waals surface area (Å²) < 4.78 is 38.7. The predicted octanol–water partition coefficient (Wildman–Crippen LogP) is 8.82. The van der Waals surface area contributed by atoms with Crippen LogP contribution in [0.1, 0.15) is 49.9 Å². The molecule has 292 valence electrons. The number of benzene rings is 4. The molecule has 8 nitrogen and oxygen atoms in total. The van der Waals surface area contributed by atoms with Crippen LogP contribution in [0.3, 0.4) is 0 Å². The van der Waals surface area contributed by atoms with E-state index in [1.54, 1.807) is 0 Å². The Hall–Kier alpha value is -4.25. The molecule has 2 heterocycles. The van der Waals surface area contributed by atoms with Crippen LogP contribution in [0.4, 0.5) is 22.7 Å². The van der Waals surface area contributed by atoms with Crippen LogP contribution in [-0.4, -0.2) is 91.1 Å². The molecule has 11 heteroatoms. The van der Waals surface area contributed by atoms with Crippen LogP contribution in [0.25, 0.3) is 12.2 Å². The van der Waals surface area contributed by atoms with Crippen molar-refractivity contribution in [2.75, 3.05) is 62.8 Å². The van der Waals surface area contributed by atoms with Gasteiger partial charge in [-0.05, 0) is 75.2 Å². The Labute approximate surface area is 337 Å². The number of nitrogens with zero attached hydrogens (tertiary/aromatic N) is 4. The van der Waals surface area contributed by atoms with Crippen molar-refractivity contribution in [2.24, 2.45) is 0 Å². The first-order chi connectivity index (χ1) is 25.9. The minimum atomic E-state index is -5.17. The average molecular weight is 804 g/mol. The third-order valence-electron chi connectivity index (χ3n) is 10.3. The van der Waals surface area contributed by atoms with Gasteiger partial charge in [-0.1, -0.05) is 60.7 Å². The summed E-state index contributed by atoms with van der Waals surface area (Å²) in [5.74, 6) is 1.27. The Bertz CT molecular complexity index is 2030. The fraction of sp³-hybridized carbons (Fsp3) is 0.318. The Kier molecular flexibility index (Phi) is 14.7. The van der Waals surface area contributed by atoms with Gasteiger partial charge >= 0.3 is 0 Å². The zero-order valence-electron chi connectivity index (χ0n) is 33.0. The Balaban J connectivity index is 0.000000218. The molecule has 4 aromatic rings. The van der Waals surface area contributed by atoms with Crippen molar-refractivity contribution in [1.82, 2.24) is 0 Å². The highest BCUT2D eigenvalue weighted by Gasteiger charge is 2.43. The van der Waals surface area contributed by atoms with Gasteiger partial charge in [0.2, 0.25) is 11.4 Å². The lowest BCUT2D eigenvalue weighted by molar-refractivity contribution is -0.401. The minimum Gasteiger partial charge on any atom is -0.759 e. The summed E-state index contributed by atoms with van der Waals surface area (Å²) in [7, 11) is 3.27. The predicted molar refractivity (Wildman–Crippen MR) is 230 cm³/mol. The van der Waals surface area contributed by atoms with Gasteiger partial charge in [0.05, 0.1) is 10.8 Å². The molecular weight excluding hydrogens is 751 g/mol. The van der Waals surface area contributed by atoms with Gasteiger partial charge in [0.15, 0.2) is 11.4 Å². The van der Waals surface area contributed by atoms with Crippen LogP contribution in [0.5, 0.6) is 0 Å². The van der Waals surface area contributed by atoms with Gasteiger partial charge in [0, 0.05) is 96.1 Å². The molecule has 0 aromatic heterocycles. The van der Waals surface area contributed by atoms with Crippen LogP contribution in [0.2, 0.25) is 0 Å². The molecule has 4 aromatic carbocycles. The van der Waals surface area contributed by atoms with E-state index in [4.69, 9.17) is 40.7 Å². The molecule has 0 unspecified atom stereocenters. The average Bonchev–Trinajstić information content (AvgIpc) is 3.46. The molecule has 0 atom stereocenters. The number of anilines is 2. The molecule has 0 radical (unpaired) electrons. The first kappa shape index (κ1) is 43.5. The van der Waals surface area contributed by atoms with Crippen molar-refractivity contribution in [1.29, 1.82) is 0 Å². The van der Waals surface area contributed by atoms with Crippen molar-refractivity contribution < 1.29 is 26.7 Å². The van der Waals surface area contributed by atoms with Gasteiger partial charge in [-0.2, -0.15) is 9.15 Å². The number of rotatable bonds is 10. The number of hydrogen-bond donors (Lipinski definition) is 0. The molecular formula is C44H52Cl2N4O4S. The largest absolute Gasteiger partial charge is 0.759 e. The van der Waals surface area contributed by atoms with E-state index in [9.17, 15) is 0 Å². The highest BCUT2D eigenvalue weighted by Crippen LogP contribution is 2.40. The van der Waals surface area contributed by atoms with Gasteiger partial charge in [-0.25, -0.2) is 0 Å². The zero-order valence-corrected chi connectivity index (χ0v) is 35.3. The lowest BCUT2D eigenvalue weighted by atomic mass is 9.81. The molecule has 2 aliphatic heterocycles. The quantitative estimate of drug-likeness (QED) is 0.0689. The fourth-order valence-electron chi connectivity index (χ4n) is 7.15. The monoisotopic (exact) mass is 802 g/mol. The van der Waals surface area contributed by atoms with E-state index in [2.05, 4.69) is 196 Å². The number of alkyl halides is 2. The molecule has 0 aliphatic carbocycles. The van der Waals surface area contributed by atoms with E-state index in [1.165, 1.54) is 56.4 Å². The van der Waals surface area contributed by atoms with E-state index in [0.717, 1.165) is 13.1 Å². The topological polar surface area (TPSA) is 92.8 Å². The fourth-order valence-corrected chi connectivity index (χ4v) is 7.65. The molecule has 0 spiro atoms. The van der Waals surface area contributed by atoms with Gasteiger partial charge in [0.25, 0.3) is 0 Å². The highest BCUT2D eigenvalue weighted by molar-refractivity contribution is 7.79. The van der Waals surface area contributed by atoms with Crippen molar-refractivity contribution in [3.63, 3.8) is 0 Å². The van der Waals surface area contributed by atoms with E-state index >= 15 is 0 Å². The van der Waals surface area contributed by atoms with Crippen LogP contribution < -0.4 is 9.80 Å². The summed E-state index contributed by atoms with van der Waals surface area (Å²) in [6.07, 6.45) is 8.89. The lowest BCUT2D eigenvalue weighted by Gasteiger charge is -2.17. The summed E-state index contributed by atoms with van der Waals surface area (Å²) >= 11 is 11.6. The lowest BCUT2D eigenvalue weighted by Crippen LogP contribution is -2.26. The number of allylic oxidation sites excluding steroid dienone is 2. The summed E-state index contributed by atoms with van der Waals surface area (Å²) in [6, 6.07) is 34.5. The molecule has 0 bridgehead atoms. The van der Waals surface area contributed by atoms with E-state index in [-0.39, 0.29) is 10.8 Å². The molecule has 55 heavy (non-hydrogen) atoms. The van der Waals surface area contributed by atoms with Gasteiger partial charge < -0.3 is 18.9 Å². The number of hydrogen-bond acceptors (Lipinski definition) is 6. The van der Waals surface area contributed by atoms with Crippen molar-refractivity contribution in [3.05, 3.63) is 131 Å². The second kappa shape index (κ2) is 18.6. The van der Waals surface area contributed by atoms with E-state index in [0.29, 0.717) is 11.8 Å². The van der Waals surface area contributed by atoms with Crippen LogP contribution in [-0.2, 0) is 21.2 Å². The Morgan fingerprint density at radius 2 is 0.891 bits per heavy atom. The second-order valence-electron chi connectivity index (χ2n) is 14.7. The zero-order chi connectivity index (χ0) is 40.6. The highest BCUT2D eigenvalue weighted by atomic mass is 35.5. The standard InChI is InChI=1S/2C22H26ClN2.H2O4S/c2*1-22(2)19-7-5-6-8-20(19)25(4)21(22)14-11-17-9-12-18(13-10-17)24(3)16-15-23;1-5(2,3)4/h2*5-14H,15-16H2,1-4H3;(H2,1,2,3,4)/q2*+1;/p-2. The second-order valence-corrected chi connectivity index (χ2v) is 16.2. The van der Waals surface area contributed by atoms with E-state index in [1.807, 2.05) is 0 Å². The third-order valence-corrected chi connectivity index (χ3v) is 10.6. The first-order valence-electron chi connectivity index (χ1n) is 18.1. The van der Waals surface area contributed by atoms with Gasteiger partial charge in [-0.3, -0.25) is 8.42 Å². The molecule has 0 fully saturated rings. The van der Waals surface area contributed by atoms with Crippen LogP contribution in [0.15, 0.2) is 109 Å². The molecule has 0 N–H and O–H groups in total. The SMILES string of the molecule is CN(CCCl)c1ccc(/C=C/C2=[N+](C)c3ccccc3C2(C)C)cc1.CN(CCCl)c1ccc(/C=C/C2=[N+](C)c3ccccc3C2(C)C)cc1.O=S(=O)([O-])[O-]. The van der Waals surface area contributed by atoms with Crippen molar-refractivity contribution in [2.45, 2.75) is 38.5 Å². The number of fused-ring (bicyclic) bond motifs is 2. The molecule has 0 amide bonds. The number of halogens is 2. The van der Waals surface area contributed by atoms with Crippen molar-refractivity contribution in [3.8, 4) is 0 Å². The van der Waals surface area contributed by atoms with Crippen LogP contribution in [0, 0.1) is 0 Å². The molecule has 0 saturated heterocycles. The van der Waals surface area contributed by atoms with Crippen LogP contribution >= 0.6 is 23.2 Å². The summed E-state index contributed by atoms with van der Waals surface area (Å²) in [6.45, 7) is 10.9. The smallest absolute Gasteiger partial charge is 0.209 e. The maximum atomic E-state index is 8.52. The molecule has 6 rings (SSSR count). The molecule has 0 saturated carbocycles. The third kappa shape index (κ3) is 11.0. The Morgan fingerprint density at radius 3 is 1.18 bits per heavy atom. The summed E-state index contributed by atoms with van der Waals surface area (Å²) in [4.78, 5) is 4.33. The number of para-hydroxylation sites is 2. The maximum Gasteiger partial charge on any atom is 0.209 e. The van der Waals surface area contributed by atoms with Gasteiger partial charge in [0.1, 0.15) is 14.1 Å². The van der Waals surface area contributed by atoms with E-state index < -0.39 is 10.4 Å². The van der Waals surface area contributed by atoms with Gasteiger partial charge in [-0.15, -0.1) is 23.2 Å². The first-order valence-corrected chi connectivity index (χ1v) is 20.5. The normalized spacial score (nSPS) is 15.3. The molecule has 2 aliphatic rings.